The summed E-state index contributed by atoms with van der Waals surface area (Å²) in [7, 11) is 0. The van der Waals surface area contributed by atoms with Gasteiger partial charge in [-0.2, -0.15) is 4.98 Å². The molecule has 0 amide bonds. The molecule has 1 fully saturated rings. The molecule has 9 heteroatoms. The molecule has 0 saturated carbocycles. The number of hydrogen-bond acceptors (Lipinski definition) is 6. The Morgan fingerprint density at radius 2 is 2.48 bits per heavy atom. The third-order valence-corrected chi connectivity index (χ3v) is 3.65. The van der Waals surface area contributed by atoms with Crippen LogP contribution in [0.3, 0.4) is 0 Å². The summed E-state index contributed by atoms with van der Waals surface area (Å²) in [6.07, 6.45) is -4.36. The lowest BCUT2D eigenvalue weighted by atomic mass is 9.96. The van der Waals surface area contributed by atoms with Gasteiger partial charge in [0.05, 0.1) is 14.7 Å². The standard InChI is InChI=1S/C14H15FN4O4/c1-2-4-14(15)9(21)8(6-20)23-12(14)19-5-3-7-10(19)17-13(16)18-11(7)22/h3,5,8-9,12,20-21H,6H2,1H3,(H3,16,17,18,22)/t8-,9+,12-,14?/m1/s1/i6D2. The van der Waals surface area contributed by atoms with E-state index in [0.717, 1.165) is 4.57 Å². The second kappa shape index (κ2) is 5.34. The quantitative estimate of drug-likeness (QED) is 0.541. The van der Waals surface area contributed by atoms with Crippen LogP contribution in [-0.2, 0) is 4.74 Å². The van der Waals surface area contributed by atoms with Gasteiger partial charge in [0, 0.05) is 6.20 Å². The van der Waals surface area contributed by atoms with Crippen LogP contribution in [0.25, 0.3) is 11.0 Å². The third-order valence-electron chi connectivity index (χ3n) is 3.65. The van der Waals surface area contributed by atoms with Gasteiger partial charge in [0.25, 0.3) is 5.56 Å². The van der Waals surface area contributed by atoms with Gasteiger partial charge >= 0.3 is 0 Å². The average molecular weight is 324 g/mol. The summed E-state index contributed by atoms with van der Waals surface area (Å²) < 4.78 is 36.5. The number of fused-ring (bicyclic) bond motifs is 1. The van der Waals surface area contributed by atoms with Crippen molar-refractivity contribution in [1.29, 1.82) is 0 Å². The van der Waals surface area contributed by atoms with Crippen LogP contribution in [0.4, 0.5) is 10.3 Å². The van der Waals surface area contributed by atoms with E-state index in [1.165, 1.54) is 19.2 Å². The Balaban J connectivity index is 2.21. The molecule has 122 valence electrons. The molecule has 3 rings (SSSR count). The Bertz CT molecular complexity index is 944. The molecule has 1 aliphatic heterocycles. The lowest BCUT2D eigenvalue weighted by molar-refractivity contribution is -0.0501. The average Bonchev–Trinajstić information content (AvgIpc) is 3.00. The molecule has 3 heterocycles. The van der Waals surface area contributed by atoms with Crippen LogP contribution < -0.4 is 11.3 Å². The molecule has 0 spiro atoms. The van der Waals surface area contributed by atoms with Gasteiger partial charge in [-0.15, -0.1) is 5.92 Å². The van der Waals surface area contributed by atoms with Gasteiger partial charge in [0.2, 0.25) is 11.6 Å². The Kier molecular flexibility index (Phi) is 3.04. The summed E-state index contributed by atoms with van der Waals surface area (Å²) in [5.41, 5.74) is 2.17. The maximum absolute atomic E-state index is 15.5. The predicted octanol–water partition coefficient (Wildman–Crippen LogP) is -0.711. The van der Waals surface area contributed by atoms with Gasteiger partial charge < -0.3 is 25.3 Å². The predicted molar refractivity (Wildman–Crippen MR) is 79.1 cm³/mol. The summed E-state index contributed by atoms with van der Waals surface area (Å²) in [4.78, 5) is 18.1. The van der Waals surface area contributed by atoms with Crippen LogP contribution in [0.1, 0.15) is 15.9 Å². The normalized spacial score (nSPS) is 32.3. The SMILES string of the molecule is [2H]C([2H])(O)[C@H]1O[C@@H](n2ccc3c(=O)[nH]c(N)nc32)C(F)(C#CC)[C@H]1O. The number of nitrogen functional groups attached to an aromatic ring is 1. The molecular formula is C14H15FN4O4. The van der Waals surface area contributed by atoms with Crippen LogP contribution in [0.5, 0.6) is 0 Å². The van der Waals surface area contributed by atoms with Crippen molar-refractivity contribution in [2.75, 3.05) is 12.3 Å². The second-order valence-electron chi connectivity index (χ2n) is 5.04. The van der Waals surface area contributed by atoms with Crippen molar-refractivity contribution in [2.24, 2.45) is 0 Å². The van der Waals surface area contributed by atoms with Gasteiger partial charge in [0.15, 0.2) is 11.9 Å². The Hall–Kier alpha value is -2.41. The molecule has 2 aromatic rings. The summed E-state index contributed by atoms with van der Waals surface area (Å²) in [6.45, 7) is -1.69. The van der Waals surface area contributed by atoms with Crippen molar-refractivity contribution in [3.8, 4) is 11.8 Å². The van der Waals surface area contributed by atoms with E-state index in [1.807, 2.05) is 0 Å². The van der Waals surface area contributed by atoms with Gasteiger partial charge in [-0.3, -0.25) is 9.78 Å². The van der Waals surface area contributed by atoms with Crippen LogP contribution in [-0.4, -0.2) is 49.2 Å². The number of rotatable bonds is 2. The number of aromatic nitrogens is 3. The van der Waals surface area contributed by atoms with E-state index >= 15 is 4.39 Å². The molecule has 0 radical (unpaired) electrons. The Morgan fingerprint density at radius 1 is 1.74 bits per heavy atom. The zero-order chi connectivity index (χ0) is 18.6. The smallest absolute Gasteiger partial charge is 0.261 e. The lowest BCUT2D eigenvalue weighted by Crippen LogP contribution is -2.42. The van der Waals surface area contributed by atoms with E-state index < -0.39 is 36.2 Å². The first-order chi connectivity index (χ1) is 11.6. The number of anilines is 1. The topological polar surface area (TPSA) is 126 Å². The maximum Gasteiger partial charge on any atom is 0.261 e. The van der Waals surface area contributed by atoms with Crippen molar-refractivity contribution < 1.29 is 22.1 Å². The number of aliphatic hydroxyl groups excluding tert-OH is 1. The molecular weight excluding hydrogens is 307 g/mol. The fraction of sp³-hybridized carbons (Fsp3) is 0.429. The zero-order valence-electron chi connectivity index (χ0n) is 13.9. The largest absolute Gasteiger partial charge is 0.394 e. The first kappa shape index (κ1) is 13.1. The highest BCUT2D eigenvalue weighted by molar-refractivity contribution is 5.76. The summed E-state index contributed by atoms with van der Waals surface area (Å²) in [5, 5.41) is 19.8. The highest BCUT2D eigenvalue weighted by Crippen LogP contribution is 2.42. The number of nitrogens with zero attached hydrogens (tertiary/aromatic N) is 2. The minimum Gasteiger partial charge on any atom is -0.394 e. The molecule has 1 unspecified atom stereocenters. The van der Waals surface area contributed by atoms with E-state index in [0.29, 0.717) is 0 Å². The van der Waals surface area contributed by atoms with Crippen LogP contribution in [0.15, 0.2) is 17.1 Å². The number of aliphatic hydroxyl groups is 2. The highest BCUT2D eigenvalue weighted by atomic mass is 19.1. The van der Waals surface area contributed by atoms with E-state index in [1.54, 1.807) is 0 Å². The van der Waals surface area contributed by atoms with E-state index in [2.05, 4.69) is 21.8 Å². The number of aromatic amines is 1. The Morgan fingerprint density at radius 3 is 3.13 bits per heavy atom. The number of nitrogens with one attached hydrogen (secondary N) is 1. The first-order valence-corrected chi connectivity index (χ1v) is 6.64. The minimum atomic E-state index is -3.02. The van der Waals surface area contributed by atoms with E-state index in [-0.39, 0.29) is 17.0 Å². The van der Waals surface area contributed by atoms with Gasteiger partial charge in [-0.05, 0) is 13.0 Å². The maximum atomic E-state index is 15.5. The number of ether oxygens (including phenoxy) is 1. The summed E-state index contributed by atoms with van der Waals surface area (Å²) in [5.74, 6) is 4.28. The number of alkyl halides is 1. The minimum absolute atomic E-state index is 0.0301. The van der Waals surface area contributed by atoms with Crippen molar-refractivity contribution in [2.45, 2.75) is 31.0 Å². The van der Waals surface area contributed by atoms with Crippen molar-refractivity contribution in [3.63, 3.8) is 0 Å². The molecule has 5 N–H and O–H groups in total. The Labute approximate surface area is 132 Å². The number of nitrogens with two attached hydrogens (primary N) is 1. The third kappa shape index (κ3) is 2.19. The molecule has 1 saturated heterocycles. The molecule has 0 bridgehead atoms. The summed E-state index contributed by atoms with van der Waals surface area (Å²) >= 11 is 0. The number of hydrogen-bond donors (Lipinski definition) is 4. The van der Waals surface area contributed by atoms with Gasteiger partial charge in [-0.1, -0.05) is 5.92 Å². The van der Waals surface area contributed by atoms with E-state index in [4.69, 9.17) is 13.2 Å². The zero-order valence-corrected chi connectivity index (χ0v) is 11.9. The van der Waals surface area contributed by atoms with Crippen LogP contribution in [0, 0.1) is 11.8 Å². The fourth-order valence-electron chi connectivity index (χ4n) is 2.62. The summed E-state index contributed by atoms with van der Waals surface area (Å²) in [6, 6.07) is 1.34. The number of halogens is 1. The molecule has 0 aliphatic carbocycles. The van der Waals surface area contributed by atoms with Gasteiger partial charge in [0.1, 0.15) is 12.2 Å². The molecule has 8 nitrogen and oxygen atoms in total. The molecule has 0 aromatic carbocycles. The molecule has 4 atom stereocenters. The van der Waals surface area contributed by atoms with Crippen LogP contribution >= 0.6 is 0 Å². The van der Waals surface area contributed by atoms with Gasteiger partial charge in [-0.25, -0.2) is 4.39 Å². The van der Waals surface area contributed by atoms with E-state index in [9.17, 15) is 15.0 Å². The van der Waals surface area contributed by atoms with Crippen LogP contribution in [0.2, 0.25) is 0 Å². The van der Waals surface area contributed by atoms with Crippen molar-refractivity contribution >= 4 is 17.0 Å². The highest BCUT2D eigenvalue weighted by Gasteiger charge is 2.57. The first-order valence-electron chi connectivity index (χ1n) is 7.64. The molecule has 23 heavy (non-hydrogen) atoms. The fourth-order valence-corrected chi connectivity index (χ4v) is 2.62. The monoisotopic (exact) mass is 324 g/mol. The second-order valence-corrected chi connectivity index (χ2v) is 5.04. The molecule has 1 aliphatic rings. The lowest BCUT2D eigenvalue weighted by Gasteiger charge is -2.24. The molecule has 2 aromatic heterocycles. The number of H-pyrrole nitrogens is 1. The van der Waals surface area contributed by atoms with Crippen molar-refractivity contribution in [1.82, 2.24) is 14.5 Å². The van der Waals surface area contributed by atoms with Crippen molar-refractivity contribution in [3.05, 3.63) is 22.6 Å².